The second-order valence-electron chi connectivity index (χ2n) is 8.35. The van der Waals surface area contributed by atoms with Crippen LogP contribution in [0.4, 0.5) is 9.52 Å². The lowest BCUT2D eigenvalue weighted by molar-refractivity contribution is -0.132. The lowest BCUT2D eigenvalue weighted by atomic mass is 9.95. The number of hydrogen-bond acceptors (Lipinski definition) is 6. The van der Waals surface area contributed by atoms with E-state index in [0.717, 1.165) is 15.8 Å². The second kappa shape index (κ2) is 8.63. The molecule has 35 heavy (non-hydrogen) atoms. The van der Waals surface area contributed by atoms with Crippen molar-refractivity contribution in [1.29, 1.82) is 0 Å². The predicted molar refractivity (Wildman–Crippen MR) is 133 cm³/mol. The van der Waals surface area contributed by atoms with E-state index in [0.29, 0.717) is 11.3 Å². The predicted octanol–water partition coefficient (Wildman–Crippen LogP) is 5.69. The van der Waals surface area contributed by atoms with Gasteiger partial charge in [-0.3, -0.25) is 14.5 Å². The van der Waals surface area contributed by atoms with Gasteiger partial charge in [-0.25, -0.2) is 9.37 Å². The first-order valence-corrected chi connectivity index (χ1v) is 11.7. The number of carbonyl (C=O) groups excluding carboxylic acids is 2. The maximum atomic E-state index is 15.1. The molecule has 0 bridgehead atoms. The smallest absolute Gasteiger partial charge is 0.301 e. The molecule has 0 radical (unpaired) electrons. The summed E-state index contributed by atoms with van der Waals surface area (Å²) in [6, 6.07) is 15.1. The van der Waals surface area contributed by atoms with Gasteiger partial charge in [-0.15, -0.1) is 0 Å². The van der Waals surface area contributed by atoms with Crippen LogP contribution in [0.15, 0.2) is 66.2 Å². The number of fused-ring (bicyclic) bond motifs is 1. The molecule has 1 saturated heterocycles. The van der Waals surface area contributed by atoms with Crippen molar-refractivity contribution >= 4 is 44.1 Å². The molecule has 1 aliphatic rings. The Kier molecular flexibility index (Phi) is 5.61. The first kappa shape index (κ1) is 22.7. The summed E-state index contributed by atoms with van der Waals surface area (Å²) in [6.45, 7) is 3.88. The minimum Gasteiger partial charge on any atom is -0.507 e. The molecule has 1 N–H and O–H groups in total. The zero-order valence-corrected chi connectivity index (χ0v) is 20.0. The number of nitrogens with zero attached hydrogens (tertiary/aromatic N) is 2. The Morgan fingerprint density at radius 3 is 2.60 bits per heavy atom. The third-order valence-corrected chi connectivity index (χ3v) is 7.01. The highest BCUT2D eigenvalue weighted by molar-refractivity contribution is 7.22. The normalized spacial score (nSPS) is 17.4. The Bertz CT molecular complexity index is 1540. The maximum Gasteiger partial charge on any atom is 0.301 e. The van der Waals surface area contributed by atoms with E-state index in [1.54, 1.807) is 30.3 Å². The Morgan fingerprint density at radius 1 is 1.09 bits per heavy atom. The number of rotatable bonds is 4. The molecule has 1 amide bonds. The lowest BCUT2D eigenvalue weighted by Crippen LogP contribution is -2.29. The summed E-state index contributed by atoms with van der Waals surface area (Å²) in [7, 11) is 1.48. The summed E-state index contributed by atoms with van der Waals surface area (Å²) in [6.07, 6.45) is 0. The van der Waals surface area contributed by atoms with E-state index in [-0.39, 0.29) is 21.8 Å². The number of thiazole rings is 1. The number of aromatic nitrogens is 1. The number of anilines is 1. The molecule has 1 unspecified atom stereocenters. The van der Waals surface area contributed by atoms with Crippen LogP contribution >= 0.6 is 11.3 Å². The molecule has 176 valence electrons. The Labute approximate surface area is 204 Å². The van der Waals surface area contributed by atoms with Crippen LogP contribution < -0.4 is 9.64 Å². The van der Waals surface area contributed by atoms with Gasteiger partial charge in [0.1, 0.15) is 23.4 Å². The van der Waals surface area contributed by atoms with Crippen molar-refractivity contribution in [2.75, 3.05) is 12.0 Å². The number of Topliss-reactive ketones (excluding diaryl/α,β-unsaturated/α-hetero) is 1. The summed E-state index contributed by atoms with van der Waals surface area (Å²) in [5, 5.41) is 11.5. The molecule has 0 aliphatic carbocycles. The fourth-order valence-electron chi connectivity index (χ4n) is 4.41. The number of amides is 1. The Hall–Kier alpha value is -4.04. The van der Waals surface area contributed by atoms with E-state index in [9.17, 15) is 14.7 Å². The second-order valence-corrected chi connectivity index (χ2v) is 9.36. The number of methoxy groups -OCH3 is 1. The van der Waals surface area contributed by atoms with Gasteiger partial charge in [0, 0.05) is 11.1 Å². The van der Waals surface area contributed by atoms with Crippen molar-refractivity contribution < 1.29 is 23.8 Å². The SMILES string of the molecule is COc1cccc(/C(O)=C2\C(=O)C(=O)N(c3nc4c(C)cc(C)cc4s3)C2c2ccccc2F)c1. The van der Waals surface area contributed by atoms with Gasteiger partial charge in [-0.05, 0) is 49.2 Å². The maximum absolute atomic E-state index is 15.1. The van der Waals surface area contributed by atoms with Gasteiger partial charge in [0.15, 0.2) is 5.13 Å². The number of carbonyl (C=O) groups is 2. The molecule has 3 aromatic carbocycles. The number of aliphatic hydroxyl groups excluding tert-OH is 1. The molecule has 5 rings (SSSR count). The summed E-state index contributed by atoms with van der Waals surface area (Å²) >= 11 is 1.24. The van der Waals surface area contributed by atoms with Crippen LogP contribution in [0.25, 0.3) is 16.0 Å². The van der Waals surface area contributed by atoms with Crippen molar-refractivity contribution in [2.45, 2.75) is 19.9 Å². The van der Waals surface area contributed by atoms with Crippen molar-refractivity contribution in [3.8, 4) is 5.75 Å². The molecular formula is C27H21FN2O4S. The molecule has 4 aromatic rings. The monoisotopic (exact) mass is 488 g/mol. The van der Waals surface area contributed by atoms with Crippen LogP contribution in [0.5, 0.6) is 5.75 Å². The molecule has 1 aliphatic heterocycles. The third-order valence-electron chi connectivity index (χ3n) is 6.01. The summed E-state index contributed by atoms with van der Waals surface area (Å²) < 4.78 is 21.1. The van der Waals surface area contributed by atoms with Crippen LogP contribution in [0, 0.1) is 19.7 Å². The van der Waals surface area contributed by atoms with Gasteiger partial charge < -0.3 is 9.84 Å². The van der Waals surface area contributed by atoms with Gasteiger partial charge >= 0.3 is 5.91 Å². The number of halogens is 1. The summed E-state index contributed by atoms with van der Waals surface area (Å²) in [5.41, 5.74) is 2.83. The van der Waals surface area contributed by atoms with Gasteiger partial charge in [-0.1, -0.05) is 47.7 Å². The molecule has 0 saturated carbocycles. The van der Waals surface area contributed by atoms with Crippen LogP contribution in [-0.4, -0.2) is 28.9 Å². The van der Waals surface area contributed by atoms with Gasteiger partial charge in [0.05, 0.1) is 22.9 Å². The quantitative estimate of drug-likeness (QED) is 0.227. The summed E-state index contributed by atoms with van der Waals surface area (Å²) in [4.78, 5) is 32.5. The number of ketones is 1. The van der Waals surface area contributed by atoms with Crippen LogP contribution in [0.1, 0.15) is 28.3 Å². The average Bonchev–Trinajstić information content (AvgIpc) is 3.37. The van der Waals surface area contributed by atoms with E-state index in [2.05, 4.69) is 4.98 Å². The van der Waals surface area contributed by atoms with Gasteiger partial charge in [0.25, 0.3) is 5.78 Å². The number of aliphatic hydroxyl groups is 1. The van der Waals surface area contributed by atoms with E-state index >= 15 is 4.39 Å². The van der Waals surface area contributed by atoms with E-state index in [1.807, 2.05) is 26.0 Å². The van der Waals surface area contributed by atoms with Gasteiger partial charge in [0.2, 0.25) is 0 Å². The largest absolute Gasteiger partial charge is 0.507 e. The topological polar surface area (TPSA) is 79.7 Å². The van der Waals surface area contributed by atoms with Crippen LogP contribution in [-0.2, 0) is 9.59 Å². The molecule has 1 aromatic heterocycles. The third kappa shape index (κ3) is 3.76. The molecular weight excluding hydrogens is 467 g/mol. The highest BCUT2D eigenvalue weighted by atomic mass is 32.1. The Balaban J connectivity index is 1.76. The number of hydrogen-bond donors (Lipinski definition) is 1. The molecule has 8 heteroatoms. The fraction of sp³-hybridized carbons (Fsp3) is 0.148. The zero-order chi connectivity index (χ0) is 24.9. The molecule has 6 nitrogen and oxygen atoms in total. The summed E-state index contributed by atoms with van der Waals surface area (Å²) in [5.74, 6) is -2.34. The molecule has 2 heterocycles. The first-order valence-electron chi connectivity index (χ1n) is 10.9. The molecule has 0 spiro atoms. The van der Waals surface area contributed by atoms with E-state index < -0.39 is 29.3 Å². The fourth-order valence-corrected chi connectivity index (χ4v) is 5.58. The van der Waals surface area contributed by atoms with Crippen LogP contribution in [0.2, 0.25) is 0 Å². The highest BCUT2D eigenvalue weighted by Gasteiger charge is 2.49. The standard InChI is InChI=1S/C27H21FN2O4S/c1-14-11-15(2)22-20(12-14)35-27(29-22)30-23(18-9-4-5-10-19(18)28)21(25(32)26(30)33)24(31)16-7-6-8-17(13-16)34-3/h4-13,23,31H,1-3H3/b24-21+. The minimum atomic E-state index is -1.19. The average molecular weight is 489 g/mol. The zero-order valence-electron chi connectivity index (χ0n) is 19.2. The lowest BCUT2D eigenvalue weighted by Gasteiger charge is -2.23. The van der Waals surface area contributed by atoms with E-state index in [1.165, 1.54) is 41.5 Å². The number of aryl methyl sites for hydroxylation is 2. The Morgan fingerprint density at radius 2 is 1.86 bits per heavy atom. The number of ether oxygens (including phenoxy) is 1. The highest BCUT2D eigenvalue weighted by Crippen LogP contribution is 2.45. The first-order chi connectivity index (χ1) is 16.8. The van der Waals surface area contributed by atoms with Crippen molar-refractivity contribution in [3.05, 3.63) is 94.3 Å². The van der Waals surface area contributed by atoms with E-state index in [4.69, 9.17) is 4.74 Å². The van der Waals surface area contributed by atoms with Crippen molar-refractivity contribution in [3.63, 3.8) is 0 Å². The molecule has 1 atom stereocenters. The van der Waals surface area contributed by atoms with Gasteiger partial charge in [-0.2, -0.15) is 0 Å². The minimum absolute atomic E-state index is 0.0864. The van der Waals surface area contributed by atoms with Crippen LogP contribution in [0.3, 0.4) is 0 Å². The van der Waals surface area contributed by atoms with Crippen molar-refractivity contribution in [2.24, 2.45) is 0 Å². The van der Waals surface area contributed by atoms with Crippen molar-refractivity contribution in [1.82, 2.24) is 4.98 Å². The number of benzene rings is 3. The molecule has 1 fully saturated rings.